The molecule has 2 rings (SSSR count). The average molecular weight is 368 g/mol. The van der Waals surface area contributed by atoms with Crippen molar-refractivity contribution in [1.29, 1.82) is 0 Å². The second-order valence-corrected chi connectivity index (χ2v) is 6.21. The summed E-state index contributed by atoms with van der Waals surface area (Å²) in [4.78, 5) is 16.7. The quantitative estimate of drug-likeness (QED) is 0.703. The van der Waals surface area contributed by atoms with Crippen LogP contribution in [0.3, 0.4) is 0 Å². The first kappa shape index (κ1) is 18.9. The van der Waals surface area contributed by atoms with Crippen molar-refractivity contribution in [3.05, 3.63) is 46.5 Å². The molecule has 0 radical (unpaired) electrons. The number of aromatic nitrogens is 1. The van der Waals surface area contributed by atoms with Crippen molar-refractivity contribution in [1.82, 2.24) is 4.98 Å². The second kappa shape index (κ2) is 8.57. The van der Waals surface area contributed by atoms with Gasteiger partial charge in [0.1, 0.15) is 10.6 Å². The van der Waals surface area contributed by atoms with E-state index in [4.69, 9.17) is 9.47 Å². The standard InChI is InChI=1S/C17H18F2N2O3S/c1-10(15(18)19)8-9-24-16(22)14-11(2)20-17(25-14)21-12-4-6-13(23-3)7-5-12/h4-7H,8-9H2,1-3H3,(H,20,21). The van der Waals surface area contributed by atoms with Gasteiger partial charge in [-0.2, -0.15) is 8.78 Å². The zero-order chi connectivity index (χ0) is 18.4. The number of carbonyl (C=O) groups is 1. The van der Waals surface area contributed by atoms with E-state index in [-0.39, 0.29) is 18.6 Å². The summed E-state index contributed by atoms with van der Waals surface area (Å²) < 4.78 is 34.8. The maximum absolute atomic E-state index is 12.3. The topological polar surface area (TPSA) is 60.5 Å². The van der Waals surface area contributed by atoms with Gasteiger partial charge in [-0.25, -0.2) is 9.78 Å². The molecule has 0 unspecified atom stereocenters. The lowest BCUT2D eigenvalue weighted by Crippen LogP contribution is -2.06. The first-order valence-electron chi connectivity index (χ1n) is 7.47. The largest absolute Gasteiger partial charge is 0.497 e. The fourth-order valence-corrected chi connectivity index (χ4v) is 2.77. The summed E-state index contributed by atoms with van der Waals surface area (Å²) in [5.41, 5.74) is 1.24. The number of ether oxygens (including phenoxy) is 2. The summed E-state index contributed by atoms with van der Waals surface area (Å²) >= 11 is 1.15. The Morgan fingerprint density at radius 2 is 1.96 bits per heavy atom. The Balaban J connectivity index is 1.98. The van der Waals surface area contributed by atoms with E-state index < -0.39 is 12.0 Å². The van der Waals surface area contributed by atoms with E-state index in [0.29, 0.717) is 15.7 Å². The Morgan fingerprint density at radius 3 is 2.56 bits per heavy atom. The van der Waals surface area contributed by atoms with Gasteiger partial charge in [0, 0.05) is 12.1 Å². The Morgan fingerprint density at radius 1 is 1.28 bits per heavy atom. The third-order valence-corrected chi connectivity index (χ3v) is 4.41. The normalized spacial score (nSPS) is 10.3. The fourth-order valence-electron chi connectivity index (χ4n) is 1.89. The molecule has 0 spiro atoms. The molecule has 1 heterocycles. The third kappa shape index (κ3) is 5.25. The van der Waals surface area contributed by atoms with Gasteiger partial charge in [-0.3, -0.25) is 0 Å². The van der Waals surface area contributed by atoms with Gasteiger partial charge in [-0.05, 0) is 43.7 Å². The number of methoxy groups -OCH3 is 1. The van der Waals surface area contributed by atoms with Crippen LogP contribution in [0.15, 0.2) is 35.9 Å². The van der Waals surface area contributed by atoms with Crippen molar-refractivity contribution in [2.75, 3.05) is 19.0 Å². The Labute approximate surface area is 148 Å². The maximum atomic E-state index is 12.3. The van der Waals surface area contributed by atoms with E-state index >= 15 is 0 Å². The van der Waals surface area contributed by atoms with Crippen LogP contribution in [0.4, 0.5) is 19.6 Å². The summed E-state index contributed by atoms with van der Waals surface area (Å²) in [5.74, 6) is 0.170. The zero-order valence-electron chi connectivity index (χ0n) is 14.1. The van der Waals surface area contributed by atoms with Crippen molar-refractivity contribution < 1.29 is 23.0 Å². The van der Waals surface area contributed by atoms with Crippen LogP contribution in [-0.2, 0) is 4.74 Å². The highest BCUT2D eigenvalue weighted by molar-refractivity contribution is 7.17. The molecule has 0 aliphatic heterocycles. The van der Waals surface area contributed by atoms with E-state index in [0.717, 1.165) is 22.8 Å². The highest BCUT2D eigenvalue weighted by Crippen LogP contribution is 2.27. The zero-order valence-corrected chi connectivity index (χ0v) is 14.9. The predicted molar refractivity (Wildman–Crippen MR) is 92.9 cm³/mol. The van der Waals surface area contributed by atoms with Crippen molar-refractivity contribution >= 4 is 28.1 Å². The molecule has 1 aromatic carbocycles. The molecule has 0 fully saturated rings. The van der Waals surface area contributed by atoms with Crippen molar-refractivity contribution in [2.45, 2.75) is 20.3 Å². The number of rotatable bonds is 7. The van der Waals surface area contributed by atoms with E-state index in [1.165, 1.54) is 6.92 Å². The smallest absolute Gasteiger partial charge is 0.350 e. The second-order valence-electron chi connectivity index (χ2n) is 5.21. The van der Waals surface area contributed by atoms with Gasteiger partial charge in [0.15, 0.2) is 5.13 Å². The molecular weight excluding hydrogens is 350 g/mol. The maximum Gasteiger partial charge on any atom is 0.350 e. The first-order chi connectivity index (χ1) is 11.9. The SMILES string of the molecule is COc1ccc(Nc2nc(C)c(C(=O)OCCC(C)=C(F)F)s2)cc1. The van der Waals surface area contributed by atoms with E-state index in [1.54, 1.807) is 26.2 Å². The number of thiazole rings is 1. The van der Waals surface area contributed by atoms with Gasteiger partial charge < -0.3 is 14.8 Å². The molecule has 134 valence electrons. The minimum atomic E-state index is -1.74. The number of hydrogen-bond donors (Lipinski definition) is 1. The number of benzene rings is 1. The van der Waals surface area contributed by atoms with Gasteiger partial charge >= 0.3 is 5.97 Å². The van der Waals surface area contributed by atoms with Gasteiger partial charge in [0.05, 0.1) is 19.4 Å². The average Bonchev–Trinajstić information content (AvgIpc) is 2.95. The number of esters is 1. The number of nitrogens with one attached hydrogen (secondary N) is 1. The summed E-state index contributed by atoms with van der Waals surface area (Å²) in [6.07, 6.45) is -1.74. The summed E-state index contributed by atoms with van der Waals surface area (Å²) in [6.45, 7) is 2.90. The molecule has 2 aromatic rings. The molecule has 1 N–H and O–H groups in total. The molecule has 5 nitrogen and oxygen atoms in total. The number of hydrogen-bond acceptors (Lipinski definition) is 6. The summed E-state index contributed by atoms with van der Waals surface area (Å²) in [5, 5.41) is 3.64. The molecule has 0 aliphatic carbocycles. The Kier molecular flexibility index (Phi) is 6.46. The van der Waals surface area contributed by atoms with Gasteiger partial charge in [-0.1, -0.05) is 11.3 Å². The Bertz CT molecular complexity index is 769. The van der Waals surface area contributed by atoms with Crippen LogP contribution < -0.4 is 10.1 Å². The number of anilines is 2. The van der Waals surface area contributed by atoms with E-state index in [2.05, 4.69) is 10.3 Å². The Hall–Kier alpha value is -2.48. The number of halogens is 2. The monoisotopic (exact) mass is 368 g/mol. The molecule has 8 heteroatoms. The minimum Gasteiger partial charge on any atom is -0.497 e. The number of carbonyl (C=O) groups excluding carboxylic acids is 1. The molecule has 0 amide bonds. The molecule has 0 bridgehead atoms. The van der Waals surface area contributed by atoms with Crippen LogP contribution in [0.1, 0.15) is 28.7 Å². The lowest BCUT2D eigenvalue weighted by Gasteiger charge is -2.04. The number of aryl methyl sites for hydroxylation is 1. The van der Waals surface area contributed by atoms with Crippen LogP contribution in [0.5, 0.6) is 5.75 Å². The minimum absolute atomic E-state index is 0.00286. The predicted octanol–water partition coefficient (Wildman–Crippen LogP) is 4.92. The summed E-state index contributed by atoms with van der Waals surface area (Å²) in [6, 6.07) is 7.26. The van der Waals surface area contributed by atoms with Crippen LogP contribution >= 0.6 is 11.3 Å². The first-order valence-corrected chi connectivity index (χ1v) is 8.28. The van der Waals surface area contributed by atoms with Gasteiger partial charge in [0.2, 0.25) is 0 Å². The van der Waals surface area contributed by atoms with Crippen molar-refractivity contribution in [2.24, 2.45) is 0 Å². The lowest BCUT2D eigenvalue weighted by atomic mass is 10.2. The lowest BCUT2D eigenvalue weighted by molar-refractivity contribution is 0.0512. The van der Waals surface area contributed by atoms with E-state index in [1.807, 2.05) is 12.1 Å². The number of nitrogens with zero attached hydrogens (tertiary/aromatic N) is 1. The fraction of sp³-hybridized carbons (Fsp3) is 0.294. The molecule has 0 atom stereocenters. The van der Waals surface area contributed by atoms with Crippen LogP contribution in [0.25, 0.3) is 0 Å². The van der Waals surface area contributed by atoms with Crippen molar-refractivity contribution in [3.63, 3.8) is 0 Å². The van der Waals surface area contributed by atoms with Gasteiger partial charge in [0.25, 0.3) is 6.08 Å². The van der Waals surface area contributed by atoms with Crippen LogP contribution in [0.2, 0.25) is 0 Å². The molecular formula is C17H18F2N2O3S. The van der Waals surface area contributed by atoms with Gasteiger partial charge in [-0.15, -0.1) is 0 Å². The van der Waals surface area contributed by atoms with E-state index in [9.17, 15) is 13.6 Å². The molecule has 0 saturated carbocycles. The highest BCUT2D eigenvalue weighted by Gasteiger charge is 2.17. The highest BCUT2D eigenvalue weighted by atomic mass is 32.1. The molecule has 0 aliphatic rings. The summed E-state index contributed by atoms with van der Waals surface area (Å²) in [7, 11) is 1.59. The third-order valence-electron chi connectivity index (χ3n) is 3.36. The molecule has 0 saturated heterocycles. The van der Waals surface area contributed by atoms with Crippen LogP contribution in [0, 0.1) is 6.92 Å². The van der Waals surface area contributed by atoms with Crippen LogP contribution in [-0.4, -0.2) is 24.7 Å². The van der Waals surface area contributed by atoms with Crippen molar-refractivity contribution in [3.8, 4) is 5.75 Å². The molecule has 1 aromatic heterocycles. The molecule has 25 heavy (non-hydrogen) atoms.